The normalized spacial score (nSPS) is 20.2. The van der Waals surface area contributed by atoms with Crippen molar-refractivity contribution in [2.24, 2.45) is 0 Å². The third kappa shape index (κ3) is 12.7. The molecule has 7 heteroatoms. The molecule has 1 aliphatic rings. The van der Waals surface area contributed by atoms with Gasteiger partial charge in [0, 0.05) is 6.61 Å². The van der Waals surface area contributed by atoms with Gasteiger partial charge in [0.2, 0.25) is 0 Å². The number of unbranched alkanes of at least 4 members (excludes halogenated alkanes) is 6. The first-order valence-corrected chi connectivity index (χ1v) is 18.5. The van der Waals surface area contributed by atoms with E-state index in [2.05, 4.69) is 13.0 Å². The lowest BCUT2D eigenvalue weighted by atomic mass is 9.97. The van der Waals surface area contributed by atoms with Gasteiger partial charge in [-0.3, -0.25) is 0 Å². The van der Waals surface area contributed by atoms with Crippen molar-refractivity contribution in [3.8, 4) is 6.07 Å². The molecule has 7 nitrogen and oxygen atoms in total. The van der Waals surface area contributed by atoms with Crippen LogP contribution in [0.5, 0.6) is 0 Å². The first kappa shape index (κ1) is 38.4. The van der Waals surface area contributed by atoms with E-state index in [1.54, 1.807) is 6.07 Å². The van der Waals surface area contributed by atoms with Gasteiger partial charge < -0.3 is 28.4 Å². The van der Waals surface area contributed by atoms with Gasteiger partial charge in [0.15, 0.2) is 6.29 Å². The number of benzene rings is 4. The fourth-order valence-electron chi connectivity index (χ4n) is 6.31. The standard InChI is InChI=1S/C44H53NO6/c1-2-3-4-5-6-7-19-28-47-44-43(50-33-39-27-18-17-26-38(39)29-45)42(49-32-37-24-15-10-16-25-37)41(48-31-36-22-13-9-14-23-36)40(51-44)34-46-30-35-20-11-8-12-21-35/h8-18,20-27,40-44H,2-7,19,28,30-34H2,1H3/t40-,41-,42+,43-,44-/m1/s1. The van der Waals surface area contributed by atoms with Crippen molar-refractivity contribution in [2.75, 3.05) is 13.2 Å². The molecule has 270 valence electrons. The zero-order valence-electron chi connectivity index (χ0n) is 29.9. The van der Waals surface area contributed by atoms with Crippen molar-refractivity contribution in [1.29, 1.82) is 5.26 Å². The highest BCUT2D eigenvalue weighted by Crippen LogP contribution is 2.32. The predicted molar refractivity (Wildman–Crippen MR) is 198 cm³/mol. The molecule has 0 aliphatic carbocycles. The molecule has 5 atom stereocenters. The molecular weight excluding hydrogens is 638 g/mol. The van der Waals surface area contributed by atoms with Crippen molar-refractivity contribution in [1.82, 2.24) is 0 Å². The van der Waals surface area contributed by atoms with Gasteiger partial charge in [0.25, 0.3) is 0 Å². The Morgan fingerprint density at radius 1 is 0.549 bits per heavy atom. The quantitative estimate of drug-likeness (QED) is 0.0760. The molecule has 0 N–H and O–H groups in total. The molecule has 1 aliphatic heterocycles. The molecule has 0 unspecified atom stereocenters. The van der Waals surface area contributed by atoms with E-state index in [0.717, 1.165) is 35.1 Å². The Balaban J connectivity index is 1.40. The largest absolute Gasteiger partial charge is 0.374 e. The van der Waals surface area contributed by atoms with E-state index >= 15 is 0 Å². The molecule has 0 saturated carbocycles. The number of nitriles is 1. The van der Waals surface area contributed by atoms with Gasteiger partial charge in [-0.2, -0.15) is 5.26 Å². The first-order chi connectivity index (χ1) is 25.2. The van der Waals surface area contributed by atoms with Crippen molar-refractivity contribution in [3.63, 3.8) is 0 Å². The van der Waals surface area contributed by atoms with Crippen LogP contribution in [0, 0.1) is 11.3 Å². The highest BCUT2D eigenvalue weighted by molar-refractivity contribution is 5.36. The number of ether oxygens (including phenoxy) is 6. The summed E-state index contributed by atoms with van der Waals surface area (Å²) in [5.74, 6) is 0. The minimum atomic E-state index is -0.734. The average Bonchev–Trinajstić information content (AvgIpc) is 3.18. The molecule has 51 heavy (non-hydrogen) atoms. The van der Waals surface area contributed by atoms with E-state index in [4.69, 9.17) is 28.4 Å². The van der Waals surface area contributed by atoms with Crippen molar-refractivity contribution in [3.05, 3.63) is 143 Å². The third-order valence-electron chi connectivity index (χ3n) is 9.15. The van der Waals surface area contributed by atoms with Crippen LogP contribution in [-0.4, -0.2) is 43.9 Å². The maximum Gasteiger partial charge on any atom is 0.186 e. The Kier molecular flexibility index (Phi) is 16.7. The predicted octanol–water partition coefficient (Wildman–Crippen LogP) is 9.32. The van der Waals surface area contributed by atoms with E-state index in [9.17, 15) is 5.26 Å². The first-order valence-electron chi connectivity index (χ1n) is 18.5. The van der Waals surface area contributed by atoms with E-state index < -0.39 is 30.7 Å². The summed E-state index contributed by atoms with van der Waals surface area (Å²) >= 11 is 0. The van der Waals surface area contributed by atoms with Crippen LogP contribution in [0.1, 0.15) is 79.7 Å². The van der Waals surface area contributed by atoms with Crippen LogP contribution in [0.2, 0.25) is 0 Å². The molecule has 4 aromatic rings. The smallest absolute Gasteiger partial charge is 0.186 e. The van der Waals surface area contributed by atoms with Crippen LogP contribution in [-0.2, 0) is 54.8 Å². The highest BCUT2D eigenvalue weighted by atomic mass is 16.7. The Morgan fingerprint density at radius 2 is 1.08 bits per heavy atom. The lowest BCUT2D eigenvalue weighted by molar-refractivity contribution is -0.328. The van der Waals surface area contributed by atoms with Gasteiger partial charge in [-0.25, -0.2) is 0 Å². The molecule has 1 saturated heterocycles. The fraction of sp³-hybridized carbons (Fsp3) is 0.432. The summed E-state index contributed by atoms with van der Waals surface area (Å²) < 4.78 is 39.9. The monoisotopic (exact) mass is 691 g/mol. The van der Waals surface area contributed by atoms with Crippen molar-refractivity contribution in [2.45, 2.75) is 109 Å². The van der Waals surface area contributed by atoms with Crippen LogP contribution in [0.15, 0.2) is 115 Å². The second-order valence-corrected chi connectivity index (χ2v) is 13.1. The molecule has 4 aromatic carbocycles. The van der Waals surface area contributed by atoms with E-state index in [1.807, 2.05) is 109 Å². The zero-order valence-corrected chi connectivity index (χ0v) is 29.9. The summed E-state index contributed by atoms with van der Waals surface area (Å²) in [6, 6.07) is 40.1. The third-order valence-corrected chi connectivity index (χ3v) is 9.15. The molecule has 5 rings (SSSR count). The van der Waals surface area contributed by atoms with Crippen LogP contribution in [0.4, 0.5) is 0 Å². The lowest BCUT2D eigenvalue weighted by Gasteiger charge is -2.46. The summed E-state index contributed by atoms with van der Waals surface area (Å²) in [6.07, 6.45) is 5.27. The van der Waals surface area contributed by atoms with E-state index in [1.165, 1.54) is 32.1 Å². The fourth-order valence-corrected chi connectivity index (χ4v) is 6.31. The number of nitrogens with zero attached hydrogens (tertiary/aromatic N) is 1. The Labute approximate surface area is 304 Å². The molecule has 1 heterocycles. The number of rotatable bonds is 22. The summed E-state index contributed by atoms with van der Waals surface area (Å²) in [4.78, 5) is 0. The van der Waals surface area contributed by atoms with Gasteiger partial charge in [0.05, 0.1) is 44.7 Å². The Morgan fingerprint density at radius 3 is 1.71 bits per heavy atom. The number of hydrogen-bond donors (Lipinski definition) is 0. The summed E-state index contributed by atoms with van der Waals surface area (Å²) in [5, 5.41) is 9.81. The molecule has 0 amide bonds. The Hall–Kier alpha value is -3.87. The van der Waals surface area contributed by atoms with Gasteiger partial charge in [-0.1, -0.05) is 155 Å². The van der Waals surface area contributed by atoms with Crippen LogP contribution in [0.3, 0.4) is 0 Å². The summed E-state index contributed by atoms with van der Waals surface area (Å²) in [6.45, 7) is 4.41. The maximum atomic E-state index is 9.81. The zero-order chi connectivity index (χ0) is 35.4. The highest BCUT2D eigenvalue weighted by Gasteiger charge is 2.49. The molecular formula is C44H53NO6. The number of hydrogen-bond acceptors (Lipinski definition) is 7. The van der Waals surface area contributed by atoms with Crippen molar-refractivity contribution < 1.29 is 28.4 Å². The summed E-state index contributed by atoms with van der Waals surface area (Å²) in [5.41, 5.74) is 4.53. The minimum absolute atomic E-state index is 0.195. The molecule has 0 radical (unpaired) electrons. The summed E-state index contributed by atoms with van der Waals surface area (Å²) in [7, 11) is 0. The van der Waals surface area contributed by atoms with Crippen molar-refractivity contribution >= 4 is 0 Å². The molecule has 1 fully saturated rings. The van der Waals surface area contributed by atoms with Crippen LogP contribution in [0.25, 0.3) is 0 Å². The van der Waals surface area contributed by atoms with Gasteiger partial charge in [-0.05, 0) is 34.7 Å². The van der Waals surface area contributed by atoms with Gasteiger partial charge in [0.1, 0.15) is 24.4 Å². The topological polar surface area (TPSA) is 79.2 Å². The average molecular weight is 692 g/mol. The molecule has 0 bridgehead atoms. The molecule has 0 aromatic heterocycles. The Bertz CT molecular complexity index is 1550. The maximum absolute atomic E-state index is 9.81. The minimum Gasteiger partial charge on any atom is -0.374 e. The second kappa shape index (κ2) is 22.1. The van der Waals surface area contributed by atoms with Crippen LogP contribution < -0.4 is 0 Å². The van der Waals surface area contributed by atoms with E-state index in [0.29, 0.717) is 32.0 Å². The second-order valence-electron chi connectivity index (χ2n) is 13.1. The van der Waals surface area contributed by atoms with Gasteiger partial charge in [-0.15, -0.1) is 0 Å². The van der Waals surface area contributed by atoms with E-state index in [-0.39, 0.29) is 13.2 Å². The lowest BCUT2D eigenvalue weighted by Crippen LogP contribution is -2.61. The molecule has 0 spiro atoms. The SMILES string of the molecule is CCCCCCCCCO[C@@H]1O[C@H](COCc2ccccc2)[C@@H](OCc2ccccc2)[C@H](OCc2ccccc2)[C@H]1OCc1ccccc1C#N. The van der Waals surface area contributed by atoms with Gasteiger partial charge >= 0.3 is 0 Å². The van der Waals surface area contributed by atoms with Crippen LogP contribution >= 0.6 is 0 Å².